The zero-order chi connectivity index (χ0) is 13.3. The van der Waals surface area contributed by atoms with Crippen molar-refractivity contribution in [2.45, 2.75) is 26.2 Å². The fourth-order valence-electron chi connectivity index (χ4n) is 1.76. The molecule has 0 aliphatic rings. The van der Waals surface area contributed by atoms with E-state index in [0.29, 0.717) is 5.69 Å². The lowest BCUT2D eigenvalue weighted by atomic mass is 9.86. The molecule has 5 heteroatoms. The predicted octanol–water partition coefficient (Wildman–Crippen LogP) is 3.08. The van der Waals surface area contributed by atoms with Gasteiger partial charge in [-0.1, -0.05) is 26.8 Å². The standard InChI is InChI=1S/C13H15N3O2/c1-13(2,3)10-4-5-11(12(8-10)16(17)18)15-7-6-14-9-15/h4-9H,1-3H3. The summed E-state index contributed by atoms with van der Waals surface area (Å²) in [6, 6.07) is 5.32. The Morgan fingerprint density at radius 1 is 1.33 bits per heavy atom. The van der Waals surface area contributed by atoms with E-state index in [1.807, 2.05) is 26.8 Å². The summed E-state index contributed by atoms with van der Waals surface area (Å²) < 4.78 is 1.64. The van der Waals surface area contributed by atoms with Crippen molar-refractivity contribution >= 4 is 5.69 Å². The Morgan fingerprint density at radius 3 is 2.56 bits per heavy atom. The second-order valence-corrected chi connectivity index (χ2v) is 5.18. The zero-order valence-electron chi connectivity index (χ0n) is 10.6. The van der Waals surface area contributed by atoms with Gasteiger partial charge in [-0.05, 0) is 17.0 Å². The van der Waals surface area contributed by atoms with Gasteiger partial charge in [0.15, 0.2) is 0 Å². The smallest absolute Gasteiger partial charge is 0.293 e. The Labute approximate surface area is 105 Å². The fourth-order valence-corrected chi connectivity index (χ4v) is 1.76. The van der Waals surface area contributed by atoms with Crippen LogP contribution in [0.5, 0.6) is 0 Å². The van der Waals surface area contributed by atoms with Crippen molar-refractivity contribution in [1.29, 1.82) is 0 Å². The Balaban J connectivity index is 2.59. The van der Waals surface area contributed by atoms with Crippen molar-refractivity contribution in [2.24, 2.45) is 0 Å². The lowest BCUT2D eigenvalue weighted by molar-refractivity contribution is -0.384. The van der Waals surface area contributed by atoms with E-state index in [0.717, 1.165) is 5.56 Å². The van der Waals surface area contributed by atoms with Crippen molar-refractivity contribution < 1.29 is 4.92 Å². The van der Waals surface area contributed by atoms with Gasteiger partial charge in [-0.2, -0.15) is 0 Å². The quantitative estimate of drug-likeness (QED) is 0.603. The van der Waals surface area contributed by atoms with E-state index >= 15 is 0 Å². The molecule has 2 rings (SSSR count). The second-order valence-electron chi connectivity index (χ2n) is 5.18. The lowest BCUT2D eigenvalue weighted by Gasteiger charge is -2.19. The molecule has 94 valence electrons. The first-order valence-electron chi connectivity index (χ1n) is 5.67. The van der Waals surface area contributed by atoms with E-state index in [2.05, 4.69) is 4.98 Å². The molecule has 0 unspecified atom stereocenters. The van der Waals surface area contributed by atoms with E-state index in [1.165, 1.54) is 0 Å². The van der Waals surface area contributed by atoms with Gasteiger partial charge in [-0.25, -0.2) is 4.98 Å². The van der Waals surface area contributed by atoms with E-state index < -0.39 is 0 Å². The number of rotatable bonds is 2. The minimum atomic E-state index is -0.357. The van der Waals surface area contributed by atoms with Crippen LogP contribution in [-0.4, -0.2) is 14.5 Å². The highest BCUT2D eigenvalue weighted by molar-refractivity contribution is 5.55. The number of nitro groups is 1. The molecule has 0 atom stereocenters. The van der Waals surface area contributed by atoms with Crippen molar-refractivity contribution in [2.75, 3.05) is 0 Å². The summed E-state index contributed by atoms with van der Waals surface area (Å²) in [6.45, 7) is 6.09. The molecule has 1 aromatic heterocycles. The number of hydrogen-bond donors (Lipinski definition) is 0. The topological polar surface area (TPSA) is 61.0 Å². The minimum Gasteiger partial charge on any atom is -0.300 e. The Bertz CT molecular complexity index is 568. The first kappa shape index (κ1) is 12.3. The fraction of sp³-hybridized carbons (Fsp3) is 0.308. The molecule has 0 aliphatic heterocycles. The maximum Gasteiger partial charge on any atom is 0.293 e. The number of aromatic nitrogens is 2. The van der Waals surface area contributed by atoms with Crippen molar-refractivity contribution in [3.8, 4) is 5.69 Å². The first-order valence-corrected chi connectivity index (χ1v) is 5.67. The van der Waals surface area contributed by atoms with Gasteiger partial charge < -0.3 is 4.57 Å². The number of nitro benzene ring substituents is 1. The highest BCUT2D eigenvalue weighted by Gasteiger charge is 2.21. The molecule has 2 aromatic rings. The van der Waals surface area contributed by atoms with E-state index in [9.17, 15) is 10.1 Å². The number of benzene rings is 1. The van der Waals surface area contributed by atoms with E-state index in [-0.39, 0.29) is 16.0 Å². The molecule has 1 heterocycles. The van der Waals surface area contributed by atoms with Crippen molar-refractivity contribution in [3.63, 3.8) is 0 Å². The summed E-state index contributed by atoms with van der Waals surface area (Å²) in [6.07, 6.45) is 4.85. The van der Waals surface area contributed by atoms with Crippen LogP contribution in [0.15, 0.2) is 36.9 Å². The molecule has 0 amide bonds. The first-order chi connectivity index (χ1) is 8.39. The summed E-state index contributed by atoms with van der Waals surface area (Å²) in [4.78, 5) is 14.7. The van der Waals surface area contributed by atoms with Crippen LogP contribution in [0, 0.1) is 10.1 Å². The van der Waals surface area contributed by atoms with Crippen LogP contribution in [0.3, 0.4) is 0 Å². The van der Waals surface area contributed by atoms with Crippen molar-refractivity contribution in [3.05, 3.63) is 52.6 Å². The molecule has 0 saturated heterocycles. The van der Waals surface area contributed by atoms with Crippen LogP contribution >= 0.6 is 0 Å². The third-order valence-corrected chi connectivity index (χ3v) is 2.82. The Morgan fingerprint density at radius 2 is 2.06 bits per heavy atom. The maximum absolute atomic E-state index is 11.2. The van der Waals surface area contributed by atoms with Gasteiger partial charge in [0.05, 0.1) is 11.3 Å². The predicted molar refractivity (Wildman–Crippen MR) is 68.9 cm³/mol. The second kappa shape index (κ2) is 4.25. The van der Waals surface area contributed by atoms with Gasteiger partial charge in [-0.15, -0.1) is 0 Å². The molecule has 0 N–H and O–H groups in total. The summed E-state index contributed by atoms with van der Waals surface area (Å²) in [5.74, 6) is 0. The highest BCUT2D eigenvalue weighted by Crippen LogP contribution is 2.30. The zero-order valence-corrected chi connectivity index (χ0v) is 10.6. The maximum atomic E-state index is 11.2. The molecule has 0 aliphatic carbocycles. The molecule has 0 bridgehead atoms. The van der Waals surface area contributed by atoms with Crippen LogP contribution in [0.25, 0.3) is 5.69 Å². The van der Waals surface area contributed by atoms with Gasteiger partial charge in [0.1, 0.15) is 5.69 Å². The molecule has 5 nitrogen and oxygen atoms in total. The average Bonchev–Trinajstić information content (AvgIpc) is 2.80. The molecular weight excluding hydrogens is 230 g/mol. The monoisotopic (exact) mass is 245 g/mol. The van der Waals surface area contributed by atoms with E-state index in [1.54, 1.807) is 35.4 Å². The molecule has 1 aromatic carbocycles. The van der Waals surface area contributed by atoms with Gasteiger partial charge in [-0.3, -0.25) is 10.1 Å². The Kier molecular flexibility index (Phi) is 2.90. The van der Waals surface area contributed by atoms with Crippen LogP contribution in [0.2, 0.25) is 0 Å². The third kappa shape index (κ3) is 2.25. The van der Waals surface area contributed by atoms with Crippen LogP contribution in [0.4, 0.5) is 5.69 Å². The molecule has 0 fully saturated rings. The van der Waals surface area contributed by atoms with Crippen LogP contribution in [0.1, 0.15) is 26.3 Å². The highest BCUT2D eigenvalue weighted by atomic mass is 16.6. The molecule has 0 radical (unpaired) electrons. The van der Waals surface area contributed by atoms with Crippen LogP contribution in [-0.2, 0) is 5.41 Å². The molecule has 18 heavy (non-hydrogen) atoms. The van der Waals surface area contributed by atoms with Gasteiger partial charge >= 0.3 is 0 Å². The Hall–Kier alpha value is -2.17. The van der Waals surface area contributed by atoms with Gasteiger partial charge in [0.2, 0.25) is 0 Å². The summed E-state index contributed by atoms with van der Waals surface area (Å²) in [5, 5.41) is 11.2. The lowest BCUT2D eigenvalue weighted by Crippen LogP contribution is -2.12. The molecule has 0 spiro atoms. The normalized spacial score (nSPS) is 11.5. The van der Waals surface area contributed by atoms with Crippen molar-refractivity contribution in [1.82, 2.24) is 9.55 Å². The SMILES string of the molecule is CC(C)(C)c1ccc(-n2ccnc2)c([N+](=O)[O-])c1. The number of imidazole rings is 1. The number of hydrogen-bond acceptors (Lipinski definition) is 3. The molecular formula is C13H15N3O2. The summed E-state index contributed by atoms with van der Waals surface area (Å²) in [7, 11) is 0. The third-order valence-electron chi connectivity index (χ3n) is 2.82. The largest absolute Gasteiger partial charge is 0.300 e. The van der Waals surface area contributed by atoms with Gasteiger partial charge in [0, 0.05) is 18.5 Å². The molecule has 0 saturated carbocycles. The summed E-state index contributed by atoms with van der Waals surface area (Å²) in [5.41, 5.74) is 1.46. The summed E-state index contributed by atoms with van der Waals surface area (Å²) >= 11 is 0. The minimum absolute atomic E-state index is 0.0976. The number of nitrogens with zero attached hydrogens (tertiary/aromatic N) is 3. The van der Waals surface area contributed by atoms with Crippen LogP contribution < -0.4 is 0 Å². The average molecular weight is 245 g/mol. The van der Waals surface area contributed by atoms with Gasteiger partial charge in [0.25, 0.3) is 5.69 Å². The van der Waals surface area contributed by atoms with E-state index in [4.69, 9.17) is 0 Å².